The molecule has 0 aromatic carbocycles. The third-order valence-corrected chi connectivity index (χ3v) is 2.86. The summed E-state index contributed by atoms with van der Waals surface area (Å²) in [4.78, 5) is 25.0. The molecule has 1 saturated heterocycles. The molecule has 3 N–H and O–H groups in total. The van der Waals surface area contributed by atoms with Gasteiger partial charge in [0.1, 0.15) is 0 Å². The van der Waals surface area contributed by atoms with Gasteiger partial charge in [-0.3, -0.25) is 9.59 Å². The third-order valence-electron chi connectivity index (χ3n) is 2.72. The number of rotatable bonds is 3. The van der Waals surface area contributed by atoms with E-state index in [1.165, 1.54) is 0 Å². The number of hydrogen-bond acceptors (Lipinski definition) is 3. The molecule has 0 aromatic heterocycles. The Labute approximate surface area is 100 Å². The molecular weight excluding hydrogens is 226 g/mol. The summed E-state index contributed by atoms with van der Waals surface area (Å²) < 4.78 is 0. The van der Waals surface area contributed by atoms with Crippen molar-refractivity contribution in [1.29, 1.82) is 0 Å². The van der Waals surface area contributed by atoms with Crippen molar-refractivity contribution >= 4 is 29.0 Å². The number of carbonyl (C=O) groups is 2. The normalized spacial score (nSPS) is 20.3. The number of piperidine rings is 1. The first-order valence-electron chi connectivity index (χ1n) is 5.32. The zero-order chi connectivity index (χ0) is 12.1. The van der Waals surface area contributed by atoms with Crippen LogP contribution in [0.2, 0.25) is 0 Å². The van der Waals surface area contributed by atoms with Gasteiger partial charge < -0.3 is 16.0 Å². The second-order valence-electron chi connectivity index (χ2n) is 3.94. The van der Waals surface area contributed by atoms with Gasteiger partial charge in [0.15, 0.2) is 0 Å². The molecule has 0 aliphatic carbocycles. The molecule has 1 aliphatic rings. The monoisotopic (exact) mass is 243 g/mol. The van der Waals surface area contributed by atoms with E-state index in [1.54, 1.807) is 11.9 Å². The first kappa shape index (κ1) is 12.9. The minimum Gasteiger partial charge on any atom is -0.393 e. The van der Waals surface area contributed by atoms with Gasteiger partial charge in [0, 0.05) is 20.1 Å². The minimum atomic E-state index is -0.103. The van der Waals surface area contributed by atoms with Gasteiger partial charge in [-0.2, -0.15) is 0 Å². The van der Waals surface area contributed by atoms with Crippen LogP contribution in [0.3, 0.4) is 0 Å². The lowest BCUT2D eigenvalue weighted by Gasteiger charge is -2.31. The van der Waals surface area contributed by atoms with Gasteiger partial charge in [-0.15, -0.1) is 0 Å². The molecule has 1 unspecified atom stereocenters. The zero-order valence-corrected chi connectivity index (χ0v) is 10.2. The van der Waals surface area contributed by atoms with Crippen molar-refractivity contribution in [1.82, 2.24) is 10.2 Å². The lowest BCUT2D eigenvalue weighted by atomic mass is 9.97. The largest absolute Gasteiger partial charge is 0.393 e. The predicted molar refractivity (Wildman–Crippen MR) is 64.8 cm³/mol. The fourth-order valence-corrected chi connectivity index (χ4v) is 2.01. The molecule has 0 saturated carbocycles. The first-order valence-corrected chi connectivity index (χ1v) is 5.73. The van der Waals surface area contributed by atoms with E-state index in [2.05, 4.69) is 5.32 Å². The second-order valence-corrected chi connectivity index (χ2v) is 4.46. The van der Waals surface area contributed by atoms with E-state index < -0.39 is 0 Å². The van der Waals surface area contributed by atoms with Gasteiger partial charge in [0.05, 0.1) is 17.3 Å². The highest BCUT2D eigenvalue weighted by Gasteiger charge is 2.27. The third kappa shape index (κ3) is 3.44. The van der Waals surface area contributed by atoms with Crippen molar-refractivity contribution in [3.05, 3.63) is 0 Å². The van der Waals surface area contributed by atoms with Crippen LogP contribution >= 0.6 is 12.2 Å². The summed E-state index contributed by atoms with van der Waals surface area (Å²) in [6.07, 6.45) is 1.77. The molecule has 0 aromatic rings. The Balaban J connectivity index is 2.53. The van der Waals surface area contributed by atoms with E-state index in [0.29, 0.717) is 13.1 Å². The lowest BCUT2D eigenvalue weighted by Crippen LogP contribution is -2.45. The summed E-state index contributed by atoms with van der Waals surface area (Å²) in [5, 5.41) is 2.61. The molecule has 6 heteroatoms. The number of nitrogens with two attached hydrogens (primary N) is 1. The molecular formula is C10H17N3O2S. The SMILES string of the molecule is CNC(=O)C1CCCN(C(=O)CC(N)=S)C1. The van der Waals surface area contributed by atoms with E-state index in [9.17, 15) is 9.59 Å². The topological polar surface area (TPSA) is 75.4 Å². The fraction of sp³-hybridized carbons (Fsp3) is 0.700. The molecule has 1 aliphatic heterocycles. The molecule has 16 heavy (non-hydrogen) atoms. The van der Waals surface area contributed by atoms with Crippen molar-refractivity contribution in [2.75, 3.05) is 20.1 Å². The molecule has 1 rings (SSSR count). The average molecular weight is 243 g/mol. The summed E-state index contributed by atoms with van der Waals surface area (Å²) in [5.41, 5.74) is 5.33. The molecule has 1 heterocycles. The lowest BCUT2D eigenvalue weighted by molar-refractivity contribution is -0.134. The van der Waals surface area contributed by atoms with Crippen LogP contribution in [0.4, 0.5) is 0 Å². The Kier molecular flexibility index (Phi) is 4.67. The first-order chi connectivity index (χ1) is 7.54. The Morgan fingerprint density at radius 2 is 2.25 bits per heavy atom. The van der Waals surface area contributed by atoms with E-state index in [4.69, 9.17) is 18.0 Å². The van der Waals surface area contributed by atoms with Crippen molar-refractivity contribution in [2.45, 2.75) is 19.3 Å². The zero-order valence-electron chi connectivity index (χ0n) is 9.36. The van der Waals surface area contributed by atoms with Gasteiger partial charge in [-0.25, -0.2) is 0 Å². The Bertz CT molecular complexity index is 306. The Morgan fingerprint density at radius 3 is 2.81 bits per heavy atom. The molecule has 0 spiro atoms. The van der Waals surface area contributed by atoms with Crippen LogP contribution in [0.1, 0.15) is 19.3 Å². The van der Waals surface area contributed by atoms with Gasteiger partial charge in [-0.1, -0.05) is 12.2 Å². The number of carbonyl (C=O) groups excluding carboxylic acids is 2. The van der Waals surface area contributed by atoms with Crippen LogP contribution in [0, 0.1) is 5.92 Å². The molecule has 0 radical (unpaired) electrons. The van der Waals surface area contributed by atoms with Gasteiger partial charge in [-0.05, 0) is 12.8 Å². The van der Waals surface area contributed by atoms with Crippen LogP contribution in [0.5, 0.6) is 0 Å². The summed E-state index contributed by atoms with van der Waals surface area (Å²) >= 11 is 4.70. The summed E-state index contributed by atoms with van der Waals surface area (Å²) in [7, 11) is 1.61. The summed E-state index contributed by atoms with van der Waals surface area (Å²) in [6.45, 7) is 1.16. The fourth-order valence-electron chi connectivity index (χ4n) is 1.88. The minimum absolute atomic E-state index is 0.00664. The number of amides is 2. The second kappa shape index (κ2) is 5.79. The Hall–Kier alpha value is -1.17. The smallest absolute Gasteiger partial charge is 0.229 e. The van der Waals surface area contributed by atoms with E-state index >= 15 is 0 Å². The highest BCUT2D eigenvalue weighted by molar-refractivity contribution is 7.80. The van der Waals surface area contributed by atoms with Crippen LogP contribution in [-0.2, 0) is 9.59 Å². The van der Waals surface area contributed by atoms with Crippen molar-refractivity contribution in [3.8, 4) is 0 Å². The number of nitrogens with zero attached hydrogens (tertiary/aromatic N) is 1. The number of hydrogen-bond donors (Lipinski definition) is 2. The summed E-state index contributed by atoms with van der Waals surface area (Å²) in [6, 6.07) is 0. The van der Waals surface area contributed by atoms with Crippen LogP contribution in [0.15, 0.2) is 0 Å². The summed E-state index contributed by atoms with van der Waals surface area (Å²) in [5.74, 6) is -0.192. The molecule has 2 amide bonds. The molecule has 1 fully saturated rings. The molecule has 0 bridgehead atoms. The predicted octanol–water partition coefficient (Wildman–Crippen LogP) is -0.353. The van der Waals surface area contributed by atoms with Gasteiger partial charge in [0.25, 0.3) is 0 Å². The Morgan fingerprint density at radius 1 is 1.56 bits per heavy atom. The maximum absolute atomic E-state index is 11.7. The molecule has 5 nitrogen and oxygen atoms in total. The number of nitrogens with one attached hydrogen (secondary N) is 1. The van der Waals surface area contributed by atoms with Gasteiger partial charge in [0.2, 0.25) is 11.8 Å². The maximum atomic E-state index is 11.7. The highest BCUT2D eigenvalue weighted by atomic mass is 32.1. The van der Waals surface area contributed by atoms with E-state index in [1.807, 2.05) is 0 Å². The van der Waals surface area contributed by atoms with Gasteiger partial charge >= 0.3 is 0 Å². The van der Waals surface area contributed by atoms with Crippen molar-refractivity contribution in [3.63, 3.8) is 0 Å². The van der Waals surface area contributed by atoms with Crippen LogP contribution < -0.4 is 11.1 Å². The van der Waals surface area contributed by atoms with Crippen LogP contribution in [-0.4, -0.2) is 41.8 Å². The van der Waals surface area contributed by atoms with E-state index in [-0.39, 0.29) is 29.1 Å². The van der Waals surface area contributed by atoms with Crippen molar-refractivity contribution in [2.24, 2.45) is 11.7 Å². The molecule has 90 valence electrons. The van der Waals surface area contributed by atoms with Crippen LogP contribution in [0.25, 0.3) is 0 Å². The quantitative estimate of drug-likeness (QED) is 0.664. The highest BCUT2D eigenvalue weighted by Crippen LogP contribution is 2.17. The molecule has 1 atom stereocenters. The maximum Gasteiger partial charge on any atom is 0.229 e. The van der Waals surface area contributed by atoms with Crippen molar-refractivity contribution < 1.29 is 9.59 Å². The van der Waals surface area contributed by atoms with E-state index in [0.717, 1.165) is 12.8 Å². The average Bonchev–Trinajstić information content (AvgIpc) is 2.27. The standard InChI is InChI=1S/C10H17N3O2S/c1-12-10(15)7-3-2-4-13(6-7)9(14)5-8(11)16/h7H,2-6H2,1H3,(H2,11,16)(H,12,15). The number of thiocarbonyl (C=S) groups is 1. The number of likely N-dealkylation sites (tertiary alicyclic amines) is 1.